The Morgan fingerprint density at radius 1 is 1.17 bits per heavy atom. The number of carbonyl (C=O) groups is 1. The number of likely N-dealkylation sites (tertiary alicyclic amines) is 1. The Hall–Kier alpha value is -1.69. The van der Waals surface area contributed by atoms with Gasteiger partial charge >= 0.3 is 0 Å². The molecule has 2 saturated heterocycles. The van der Waals surface area contributed by atoms with E-state index >= 15 is 0 Å². The van der Waals surface area contributed by atoms with E-state index in [0.29, 0.717) is 18.2 Å². The number of anilines is 1. The quantitative estimate of drug-likeness (QED) is 0.836. The first-order valence-corrected chi connectivity index (χ1v) is 8.74. The van der Waals surface area contributed by atoms with Crippen LogP contribution in [0.4, 0.5) is 5.95 Å². The summed E-state index contributed by atoms with van der Waals surface area (Å²) in [7, 11) is 0. The molecule has 1 unspecified atom stereocenters. The van der Waals surface area contributed by atoms with Crippen molar-refractivity contribution in [2.24, 2.45) is 5.92 Å². The number of nitrogens with zero attached hydrogens (tertiary/aromatic N) is 5. The Morgan fingerprint density at radius 3 is 2.61 bits per heavy atom. The lowest BCUT2D eigenvalue weighted by atomic mass is 10.00. The summed E-state index contributed by atoms with van der Waals surface area (Å²) >= 11 is 0. The third kappa shape index (κ3) is 4.41. The molecule has 0 aromatic carbocycles. The fourth-order valence-corrected chi connectivity index (χ4v) is 3.45. The zero-order valence-corrected chi connectivity index (χ0v) is 14.0. The monoisotopic (exact) mass is 317 g/mol. The normalized spacial score (nSPS) is 23.1. The molecule has 1 amide bonds. The molecule has 0 aliphatic carbocycles. The van der Waals surface area contributed by atoms with E-state index in [4.69, 9.17) is 0 Å². The van der Waals surface area contributed by atoms with Gasteiger partial charge in [-0.15, -0.1) is 0 Å². The number of hydrogen-bond donors (Lipinski definition) is 0. The lowest BCUT2D eigenvalue weighted by Crippen LogP contribution is -2.48. The van der Waals surface area contributed by atoms with Crippen molar-refractivity contribution in [2.75, 3.05) is 50.7 Å². The van der Waals surface area contributed by atoms with Crippen LogP contribution < -0.4 is 4.90 Å². The highest BCUT2D eigenvalue weighted by Crippen LogP contribution is 2.16. The summed E-state index contributed by atoms with van der Waals surface area (Å²) in [5, 5.41) is 0. The van der Waals surface area contributed by atoms with E-state index in [0.717, 1.165) is 58.2 Å². The Balaban J connectivity index is 1.40. The van der Waals surface area contributed by atoms with Crippen molar-refractivity contribution in [1.29, 1.82) is 0 Å². The van der Waals surface area contributed by atoms with E-state index in [1.165, 1.54) is 6.42 Å². The van der Waals surface area contributed by atoms with Crippen molar-refractivity contribution in [3.05, 3.63) is 18.5 Å². The molecule has 126 valence electrons. The largest absolute Gasteiger partial charge is 0.342 e. The molecule has 0 bridgehead atoms. The zero-order chi connectivity index (χ0) is 16.1. The molecular weight excluding hydrogens is 290 g/mol. The number of rotatable bonds is 4. The maximum atomic E-state index is 12.3. The van der Waals surface area contributed by atoms with Gasteiger partial charge in [-0.3, -0.25) is 9.69 Å². The number of carbonyl (C=O) groups excluding carboxylic acids is 1. The van der Waals surface area contributed by atoms with Crippen LogP contribution in [0.25, 0.3) is 0 Å². The summed E-state index contributed by atoms with van der Waals surface area (Å²) in [6.45, 7) is 8.81. The summed E-state index contributed by atoms with van der Waals surface area (Å²) in [6.07, 6.45) is 6.63. The molecule has 1 aromatic heterocycles. The average molecular weight is 317 g/mol. The topological polar surface area (TPSA) is 52.6 Å². The lowest BCUT2D eigenvalue weighted by molar-refractivity contribution is -0.133. The standard InChI is InChI=1S/C17H27N5O/c1-15-4-2-8-22(14-15)16(23)5-9-20-10-12-21(13-11-20)17-18-6-3-7-19-17/h3,6-7,15H,2,4-5,8-14H2,1H3. The van der Waals surface area contributed by atoms with Crippen molar-refractivity contribution in [3.8, 4) is 0 Å². The molecular formula is C17H27N5O. The van der Waals surface area contributed by atoms with Gasteiger partial charge < -0.3 is 9.80 Å². The fraction of sp³-hybridized carbons (Fsp3) is 0.706. The zero-order valence-electron chi connectivity index (χ0n) is 14.0. The third-order valence-electron chi connectivity index (χ3n) is 4.86. The minimum atomic E-state index is 0.324. The van der Waals surface area contributed by atoms with E-state index in [2.05, 4.69) is 31.6 Å². The maximum absolute atomic E-state index is 12.3. The van der Waals surface area contributed by atoms with Gasteiger partial charge in [-0.05, 0) is 24.8 Å². The third-order valence-corrected chi connectivity index (χ3v) is 4.86. The maximum Gasteiger partial charge on any atom is 0.225 e. The second-order valence-corrected chi connectivity index (χ2v) is 6.71. The Bertz CT molecular complexity index is 501. The van der Waals surface area contributed by atoms with Gasteiger partial charge in [-0.2, -0.15) is 0 Å². The highest BCUT2D eigenvalue weighted by molar-refractivity contribution is 5.76. The molecule has 0 saturated carbocycles. The Morgan fingerprint density at radius 2 is 1.91 bits per heavy atom. The fourth-order valence-electron chi connectivity index (χ4n) is 3.45. The van der Waals surface area contributed by atoms with Crippen LogP contribution in [0.3, 0.4) is 0 Å². The number of piperazine rings is 1. The molecule has 2 fully saturated rings. The molecule has 6 nitrogen and oxygen atoms in total. The van der Waals surface area contributed by atoms with Gasteiger partial charge in [0.25, 0.3) is 0 Å². The van der Waals surface area contributed by atoms with E-state index in [1.807, 2.05) is 6.07 Å². The first-order valence-electron chi connectivity index (χ1n) is 8.74. The highest BCUT2D eigenvalue weighted by atomic mass is 16.2. The molecule has 1 atom stereocenters. The number of piperidine rings is 1. The van der Waals surface area contributed by atoms with E-state index in [9.17, 15) is 4.79 Å². The predicted molar refractivity (Wildman–Crippen MR) is 90.3 cm³/mol. The molecule has 0 spiro atoms. The van der Waals surface area contributed by atoms with Crippen molar-refractivity contribution < 1.29 is 4.79 Å². The van der Waals surface area contributed by atoms with E-state index in [-0.39, 0.29) is 0 Å². The molecule has 0 radical (unpaired) electrons. The van der Waals surface area contributed by atoms with Crippen molar-refractivity contribution in [1.82, 2.24) is 19.8 Å². The van der Waals surface area contributed by atoms with Gasteiger partial charge in [-0.25, -0.2) is 9.97 Å². The summed E-state index contributed by atoms with van der Waals surface area (Å²) in [6, 6.07) is 1.84. The first-order chi connectivity index (χ1) is 11.2. The Labute approximate surface area is 138 Å². The molecule has 2 aliphatic heterocycles. The van der Waals surface area contributed by atoms with Crippen molar-refractivity contribution >= 4 is 11.9 Å². The summed E-state index contributed by atoms with van der Waals surface area (Å²) in [4.78, 5) is 27.6. The number of amides is 1. The average Bonchev–Trinajstić information content (AvgIpc) is 2.61. The Kier molecular flexibility index (Phi) is 5.43. The lowest BCUT2D eigenvalue weighted by Gasteiger charge is -2.35. The summed E-state index contributed by atoms with van der Waals surface area (Å²) in [5.74, 6) is 1.79. The molecule has 6 heteroatoms. The molecule has 0 N–H and O–H groups in total. The van der Waals surface area contributed by atoms with Crippen LogP contribution in [-0.4, -0.2) is 71.5 Å². The second kappa shape index (κ2) is 7.73. The second-order valence-electron chi connectivity index (χ2n) is 6.71. The van der Waals surface area contributed by atoms with Crippen LogP contribution in [-0.2, 0) is 4.79 Å². The van der Waals surface area contributed by atoms with E-state index < -0.39 is 0 Å². The van der Waals surface area contributed by atoms with Crippen LogP contribution in [0, 0.1) is 5.92 Å². The van der Waals surface area contributed by atoms with Crippen molar-refractivity contribution in [2.45, 2.75) is 26.2 Å². The minimum Gasteiger partial charge on any atom is -0.342 e. The van der Waals surface area contributed by atoms with Gasteiger partial charge in [0.1, 0.15) is 0 Å². The van der Waals surface area contributed by atoms with Gasteiger partial charge in [0.15, 0.2) is 0 Å². The number of aromatic nitrogens is 2. The summed E-state index contributed by atoms with van der Waals surface area (Å²) in [5.41, 5.74) is 0. The smallest absolute Gasteiger partial charge is 0.225 e. The molecule has 3 heterocycles. The molecule has 23 heavy (non-hydrogen) atoms. The number of hydrogen-bond acceptors (Lipinski definition) is 5. The van der Waals surface area contributed by atoms with Gasteiger partial charge in [0.05, 0.1) is 0 Å². The van der Waals surface area contributed by atoms with Gasteiger partial charge in [0, 0.05) is 64.6 Å². The van der Waals surface area contributed by atoms with Gasteiger partial charge in [0.2, 0.25) is 11.9 Å². The van der Waals surface area contributed by atoms with Gasteiger partial charge in [-0.1, -0.05) is 6.92 Å². The predicted octanol–water partition coefficient (Wildman–Crippen LogP) is 1.25. The van der Waals surface area contributed by atoms with Crippen molar-refractivity contribution in [3.63, 3.8) is 0 Å². The van der Waals surface area contributed by atoms with Crippen LogP contribution >= 0.6 is 0 Å². The van der Waals surface area contributed by atoms with Crippen LogP contribution in [0.5, 0.6) is 0 Å². The molecule has 1 aromatic rings. The molecule has 3 rings (SSSR count). The van der Waals surface area contributed by atoms with Crippen LogP contribution in [0.1, 0.15) is 26.2 Å². The van der Waals surface area contributed by atoms with E-state index in [1.54, 1.807) is 12.4 Å². The highest BCUT2D eigenvalue weighted by Gasteiger charge is 2.23. The van der Waals surface area contributed by atoms with Crippen LogP contribution in [0.2, 0.25) is 0 Å². The molecule has 2 aliphatic rings. The summed E-state index contributed by atoms with van der Waals surface area (Å²) < 4.78 is 0. The first kappa shape index (κ1) is 16.2. The minimum absolute atomic E-state index is 0.324. The SMILES string of the molecule is CC1CCCN(C(=O)CCN2CCN(c3ncccn3)CC2)C1. The van der Waals surface area contributed by atoms with Crippen LogP contribution in [0.15, 0.2) is 18.5 Å².